The fourth-order valence-corrected chi connectivity index (χ4v) is 1.67. The Bertz CT molecular complexity index is 624. The maximum Gasteiger partial charge on any atom is 0.181 e. The van der Waals surface area contributed by atoms with E-state index in [0.29, 0.717) is 6.42 Å². The zero-order valence-corrected chi connectivity index (χ0v) is 10.5. The lowest BCUT2D eigenvalue weighted by Gasteiger charge is -2.05. The number of benzene rings is 1. The van der Waals surface area contributed by atoms with Gasteiger partial charge in [0.1, 0.15) is 0 Å². The Morgan fingerprint density at radius 2 is 1.74 bits per heavy atom. The molecule has 96 valence electrons. The van der Waals surface area contributed by atoms with Crippen molar-refractivity contribution in [3.8, 4) is 11.8 Å². The second-order valence-electron chi connectivity index (χ2n) is 4.18. The van der Waals surface area contributed by atoms with Crippen LogP contribution in [0.2, 0.25) is 0 Å². The van der Waals surface area contributed by atoms with Crippen LogP contribution in [-0.2, 0) is 6.54 Å². The normalized spacial score (nSPS) is 9.74. The van der Waals surface area contributed by atoms with E-state index in [0.717, 1.165) is 17.7 Å². The quantitative estimate of drug-likeness (QED) is 0.845. The average Bonchev–Trinajstić information content (AvgIpc) is 2.44. The summed E-state index contributed by atoms with van der Waals surface area (Å²) in [6.07, 6.45) is 4.05. The molecule has 0 unspecified atom stereocenters. The third-order valence-electron chi connectivity index (χ3n) is 2.65. The van der Waals surface area contributed by atoms with Crippen LogP contribution in [-0.4, -0.2) is 16.3 Å². The van der Waals surface area contributed by atoms with E-state index in [9.17, 15) is 4.79 Å². The van der Waals surface area contributed by atoms with Gasteiger partial charge in [-0.25, -0.2) is 0 Å². The highest BCUT2D eigenvalue weighted by atomic mass is 16.2. The van der Waals surface area contributed by atoms with E-state index < -0.39 is 0 Å². The van der Waals surface area contributed by atoms with Crippen molar-refractivity contribution in [3.63, 3.8) is 0 Å². The minimum atomic E-state index is 0.0192. The number of hydrogen-bond donors (Lipinski definition) is 1. The molecule has 3 nitrogen and oxygen atoms in total. The topological polar surface area (TPSA) is 42.2 Å². The van der Waals surface area contributed by atoms with Crippen molar-refractivity contribution in [2.24, 2.45) is 0 Å². The van der Waals surface area contributed by atoms with Crippen LogP contribution >= 0.6 is 0 Å². The smallest absolute Gasteiger partial charge is 0.181 e. The molecule has 1 aromatic heterocycles. The van der Waals surface area contributed by atoms with E-state index >= 15 is 0 Å². The van der Waals surface area contributed by atoms with Crippen molar-refractivity contribution < 1.29 is 5.11 Å². The first-order chi connectivity index (χ1) is 9.28. The van der Waals surface area contributed by atoms with Crippen LogP contribution in [0.25, 0.3) is 0 Å². The molecule has 0 radical (unpaired) electrons. The molecule has 0 aliphatic carbocycles. The van der Waals surface area contributed by atoms with Gasteiger partial charge >= 0.3 is 0 Å². The first kappa shape index (κ1) is 13.1. The van der Waals surface area contributed by atoms with E-state index in [2.05, 4.69) is 11.8 Å². The molecular weight excluding hydrogens is 238 g/mol. The van der Waals surface area contributed by atoms with Crippen molar-refractivity contribution in [2.75, 3.05) is 6.61 Å². The zero-order valence-electron chi connectivity index (χ0n) is 10.5. The molecule has 1 N–H and O–H groups in total. The monoisotopic (exact) mass is 253 g/mol. The van der Waals surface area contributed by atoms with Gasteiger partial charge in [0.15, 0.2) is 5.43 Å². The van der Waals surface area contributed by atoms with E-state index in [1.54, 1.807) is 24.5 Å². The third-order valence-corrected chi connectivity index (χ3v) is 2.65. The van der Waals surface area contributed by atoms with Crippen LogP contribution in [0.4, 0.5) is 0 Å². The molecule has 0 bridgehead atoms. The lowest BCUT2D eigenvalue weighted by molar-refractivity contribution is 0.305. The molecule has 0 saturated heterocycles. The van der Waals surface area contributed by atoms with Crippen molar-refractivity contribution in [1.29, 1.82) is 0 Å². The Hall–Kier alpha value is -2.31. The number of aliphatic hydroxyl groups excluding tert-OH is 1. The van der Waals surface area contributed by atoms with Gasteiger partial charge in [0.25, 0.3) is 0 Å². The Kier molecular flexibility index (Phi) is 4.54. The fourth-order valence-electron chi connectivity index (χ4n) is 1.67. The number of nitrogens with zero attached hydrogens (tertiary/aromatic N) is 1. The molecule has 0 amide bonds. The fraction of sp³-hybridized carbons (Fsp3) is 0.188. The molecule has 2 rings (SSSR count). The number of aromatic nitrogens is 1. The van der Waals surface area contributed by atoms with Crippen molar-refractivity contribution >= 4 is 0 Å². The molecule has 0 atom stereocenters. The van der Waals surface area contributed by atoms with Gasteiger partial charge in [-0.1, -0.05) is 24.0 Å². The summed E-state index contributed by atoms with van der Waals surface area (Å²) < 4.78 is 1.95. The van der Waals surface area contributed by atoms with Gasteiger partial charge in [-0.3, -0.25) is 4.79 Å². The van der Waals surface area contributed by atoms with Gasteiger partial charge in [-0.05, 0) is 17.7 Å². The SMILES string of the molecule is O=c1ccn(Cc2ccc(C#CCCO)cc2)cc1. The highest BCUT2D eigenvalue weighted by Gasteiger charge is 1.94. The summed E-state index contributed by atoms with van der Waals surface area (Å²) in [7, 11) is 0. The summed E-state index contributed by atoms with van der Waals surface area (Å²) in [6, 6.07) is 11.1. The van der Waals surface area contributed by atoms with Crippen molar-refractivity contribution in [2.45, 2.75) is 13.0 Å². The van der Waals surface area contributed by atoms with Gasteiger partial charge in [-0.2, -0.15) is 0 Å². The lowest BCUT2D eigenvalue weighted by atomic mass is 10.1. The predicted octanol–water partition coefficient (Wildman–Crippen LogP) is 1.63. The molecule has 0 saturated carbocycles. The van der Waals surface area contributed by atoms with Crippen molar-refractivity contribution in [1.82, 2.24) is 4.57 Å². The van der Waals surface area contributed by atoms with E-state index in [1.807, 2.05) is 28.8 Å². The second-order valence-corrected chi connectivity index (χ2v) is 4.18. The Morgan fingerprint density at radius 3 is 2.37 bits per heavy atom. The molecular formula is C16H15NO2. The van der Waals surface area contributed by atoms with Gasteiger partial charge in [0.2, 0.25) is 0 Å². The number of hydrogen-bond acceptors (Lipinski definition) is 2. The highest BCUT2D eigenvalue weighted by Crippen LogP contribution is 2.05. The average molecular weight is 253 g/mol. The third kappa shape index (κ3) is 4.13. The first-order valence-corrected chi connectivity index (χ1v) is 6.13. The number of pyridine rings is 1. The van der Waals surface area contributed by atoms with Crippen LogP contribution in [0.3, 0.4) is 0 Å². The Labute approximate surface area is 112 Å². The molecule has 1 aromatic carbocycles. The molecule has 3 heteroatoms. The largest absolute Gasteiger partial charge is 0.395 e. The number of rotatable bonds is 3. The summed E-state index contributed by atoms with van der Waals surface area (Å²) in [5, 5.41) is 8.64. The molecule has 0 aliphatic heterocycles. The van der Waals surface area contributed by atoms with Gasteiger partial charge < -0.3 is 9.67 Å². The zero-order chi connectivity index (χ0) is 13.5. The molecule has 19 heavy (non-hydrogen) atoms. The summed E-state index contributed by atoms with van der Waals surface area (Å²) in [5.74, 6) is 5.87. The van der Waals surface area contributed by atoms with Gasteiger partial charge in [0, 0.05) is 43.1 Å². The first-order valence-electron chi connectivity index (χ1n) is 6.13. The summed E-state index contributed by atoms with van der Waals surface area (Å²) in [4.78, 5) is 11.0. The predicted molar refractivity (Wildman–Crippen MR) is 74.8 cm³/mol. The minimum absolute atomic E-state index is 0.0192. The lowest BCUT2D eigenvalue weighted by Crippen LogP contribution is -2.04. The maximum absolute atomic E-state index is 11.0. The van der Waals surface area contributed by atoms with Crippen LogP contribution in [0.15, 0.2) is 53.6 Å². The minimum Gasteiger partial charge on any atom is -0.395 e. The molecule has 2 aromatic rings. The van der Waals surface area contributed by atoms with Crippen molar-refractivity contribution in [3.05, 3.63) is 70.1 Å². The van der Waals surface area contributed by atoms with Gasteiger partial charge in [0.05, 0.1) is 6.61 Å². The van der Waals surface area contributed by atoms with E-state index in [-0.39, 0.29) is 12.0 Å². The standard InChI is InChI=1S/C16H15NO2/c18-12-2-1-3-14-4-6-15(7-5-14)13-17-10-8-16(19)9-11-17/h4-11,18H,2,12-13H2. The Balaban J connectivity index is 2.05. The molecule has 1 heterocycles. The molecule has 0 spiro atoms. The van der Waals surface area contributed by atoms with Crippen LogP contribution < -0.4 is 5.43 Å². The van der Waals surface area contributed by atoms with E-state index in [4.69, 9.17) is 5.11 Å². The van der Waals surface area contributed by atoms with Gasteiger partial charge in [-0.15, -0.1) is 0 Å². The summed E-state index contributed by atoms with van der Waals surface area (Å²) >= 11 is 0. The molecule has 0 aliphatic rings. The second kappa shape index (κ2) is 6.58. The maximum atomic E-state index is 11.0. The highest BCUT2D eigenvalue weighted by molar-refractivity contribution is 5.36. The van der Waals surface area contributed by atoms with Crippen LogP contribution in [0.1, 0.15) is 17.5 Å². The summed E-state index contributed by atoms with van der Waals surface area (Å²) in [6.45, 7) is 0.821. The molecule has 0 fully saturated rings. The van der Waals surface area contributed by atoms with E-state index in [1.165, 1.54) is 0 Å². The Morgan fingerprint density at radius 1 is 1.05 bits per heavy atom. The van der Waals surface area contributed by atoms with Crippen LogP contribution in [0.5, 0.6) is 0 Å². The summed E-state index contributed by atoms with van der Waals surface area (Å²) in [5.41, 5.74) is 2.11. The van der Waals surface area contributed by atoms with Crippen LogP contribution in [0, 0.1) is 11.8 Å². The number of aliphatic hydroxyl groups is 1.